The molecule has 294 valence electrons. The van der Waals surface area contributed by atoms with E-state index in [-0.39, 0.29) is 16.2 Å². The van der Waals surface area contributed by atoms with Crippen LogP contribution in [0.4, 0.5) is 22.7 Å². The molecule has 8 aromatic rings. The van der Waals surface area contributed by atoms with Gasteiger partial charge in [-0.25, -0.2) is 4.98 Å². The summed E-state index contributed by atoms with van der Waals surface area (Å²) in [6.07, 6.45) is 1.93. The van der Waals surface area contributed by atoms with Crippen LogP contribution in [0.3, 0.4) is 0 Å². The number of hydrogen-bond acceptors (Lipinski definition) is 2. The fourth-order valence-electron chi connectivity index (χ4n) is 9.46. The number of rotatable bonds is 6. The standard InChI is InChI=1S/C54H53N4O/c1-52(2,3)37-28-29-55-50(32-37)56-45-22-14-13-20-42(45)43-27-26-40(34-46(43)56)59-41-31-38(53(4,5)6)30-39(33-41)57-35-58(57,48-24-16-15-23-47(48)57)49-25-17-21-44(54(7,8)9)51(49)36-18-11-10-12-19-36/h10-35H,1-9H3/q+1/t57?,58-/m1/s1. The minimum absolute atomic E-state index is 0.00669. The Labute approximate surface area is 348 Å². The molecule has 0 radical (unpaired) electrons. The third-order valence-electron chi connectivity index (χ3n) is 12.5. The van der Waals surface area contributed by atoms with E-state index in [1.165, 1.54) is 61.3 Å². The maximum absolute atomic E-state index is 7.03. The molecule has 0 N–H and O–H groups in total. The van der Waals surface area contributed by atoms with E-state index in [0.29, 0.717) is 9.18 Å². The van der Waals surface area contributed by atoms with Gasteiger partial charge < -0.3 is 4.74 Å². The van der Waals surface area contributed by atoms with Crippen molar-refractivity contribution in [1.82, 2.24) is 18.7 Å². The minimum atomic E-state index is -0.121. The van der Waals surface area contributed by atoms with Gasteiger partial charge in [0, 0.05) is 58.9 Å². The zero-order chi connectivity index (χ0) is 41.1. The zero-order valence-electron chi connectivity index (χ0n) is 35.7. The van der Waals surface area contributed by atoms with Crippen molar-refractivity contribution in [3.8, 4) is 28.4 Å². The van der Waals surface area contributed by atoms with Crippen LogP contribution in [0.25, 0.3) is 38.8 Å². The van der Waals surface area contributed by atoms with Gasteiger partial charge in [0.05, 0.1) is 11.0 Å². The Balaban J connectivity index is 1.13. The lowest BCUT2D eigenvalue weighted by molar-refractivity contribution is 0.422. The highest BCUT2D eigenvalue weighted by molar-refractivity contribution is 6.09. The highest BCUT2D eigenvalue weighted by Crippen LogP contribution is 2.76. The summed E-state index contributed by atoms with van der Waals surface area (Å²) in [6.45, 7) is 23.1. The van der Waals surface area contributed by atoms with Crippen molar-refractivity contribution < 1.29 is 4.74 Å². The van der Waals surface area contributed by atoms with Gasteiger partial charge in [-0.2, -0.15) is 9.18 Å². The highest BCUT2D eigenvalue weighted by atomic mass is 16.5. The summed E-state index contributed by atoms with van der Waals surface area (Å²) in [6, 6.07) is 53.2. The van der Waals surface area contributed by atoms with Crippen LogP contribution in [0.1, 0.15) is 79.0 Å². The van der Waals surface area contributed by atoms with Crippen LogP contribution in [0.5, 0.6) is 11.5 Å². The quantitative estimate of drug-likeness (QED) is 0.0956. The van der Waals surface area contributed by atoms with Crippen molar-refractivity contribution in [1.29, 1.82) is 0 Å². The summed E-state index contributed by atoms with van der Waals surface area (Å²) in [5.74, 6) is 2.51. The first-order chi connectivity index (χ1) is 28.1. The molecule has 2 aliphatic heterocycles. The molecule has 0 spiro atoms. The molecule has 1 saturated heterocycles. The van der Waals surface area contributed by atoms with Crippen LogP contribution in [0, 0.1) is 6.67 Å². The van der Waals surface area contributed by atoms with Crippen LogP contribution >= 0.6 is 0 Å². The van der Waals surface area contributed by atoms with Crippen molar-refractivity contribution in [3.63, 3.8) is 0 Å². The number of ether oxygens (including phenoxy) is 1. The number of pyridine rings is 1. The molecule has 5 heteroatoms. The van der Waals surface area contributed by atoms with Crippen LogP contribution in [0.2, 0.25) is 0 Å². The molecule has 1 fully saturated rings. The van der Waals surface area contributed by atoms with E-state index in [9.17, 15) is 0 Å². The molecule has 2 atom stereocenters. The lowest BCUT2D eigenvalue weighted by atomic mass is 9.80. The first-order valence-electron chi connectivity index (χ1n) is 20.9. The number of benzene rings is 6. The molecule has 2 aliphatic rings. The lowest BCUT2D eigenvalue weighted by Gasteiger charge is -2.41. The van der Waals surface area contributed by atoms with Gasteiger partial charge in [-0.1, -0.05) is 135 Å². The van der Waals surface area contributed by atoms with E-state index in [2.05, 4.69) is 219 Å². The second-order valence-electron chi connectivity index (χ2n) is 19.5. The van der Waals surface area contributed by atoms with E-state index in [4.69, 9.17) is 9.72 Å². The van der Waals surface area contributed by atoms with Crippen molar-refractivity contribution in [2.24, 2.45) is 0 Å². The first-order valence-corrected chi connectivity index (χ1v) is 20.9. The highest BCUT2D eigenvalue weighted by Gasteiger charge is 2.78. The Morgan fingerprint density at radius 2 is 1.17 bits per heavy atom. The van der Waals surface area contributed by atoms with Gasteiger partial charge in [0.15, 0.2) is 18.0 Å². The number of nitrogens with zero attached hydrogens (tertiary/aromatic N) is 4. The predicted octanol–water partition coefficient (Wildman–Crippen LogP) is 14.9. The first kappa shape index (κ1) is 37.3. The molecule has 1 unspecified atom stereocenters. The third-order valence-corrected chi connectivity index (χ3v) is 12.5. The number of quaternary nitrogens is 2. The maximum Gasteiger partial charge on any atom is 0.225 e. The second-order valence-corrected chi connectivity index (χ2v) is 19.5. The molecule has 0 saturated carbocycles. The average Bonchev–Trinajstić information content (AvgIpc) is 3.70. The fraction of sp³-hybridized carbons (Fsp3) is 0.222. The molecular formula is C54H53N4O+. The zero-order valence-corrected chi connectivity index (χ0v) is 35.7. The summed E-state index contributed by atoms with van der Waals surface area (Å²) in [4.78, 5) is 4.92. The largest absolute Gasteiger partial charge is 0.457 e. The Bertz CT molecular complexity index is 2960. The third kappa shape index (κ3) is 5.62. The lowest BCUT2D eigenvalue weighted by Crippen LogP contribution is -2.47. The van der Waals surface area contributed by atoms with Crippen LogP contribution in [-0.4, -0.2) is 9.55 Å². The monoisotopic (exact) mass is 773 g/mol. The molecule has 0 aliphatic carbocycles. The predicted molar refractivity (Wildman–Crippen MR) is 247 cm³/mol. The van der Waals surface area contributed by atoms with E-state index in [1.807, 2.05) is 6.20 Å². The Hall–Kier alpha value is -6.01. The molecule has 59 heavy (non-hydrogen) atoms. The molecule has 10 rings (SSSR count). The van der Waals surface area contributed by atoms with Crippen molar-refractivity contribution in [3.05, 3.63) is 175 Å². The van der Waals surface area contributed by atoms with Crippen LogP contribution < -0.4 is 13.9 Å². The number of hydrogen-bond donors (Lipinski definition) is 0. The molecule has 6 aromatic carbocycles. The number of aromatic nitrogens is 2. The normalized spacial score (nSPS) is 18.7. The Kier molecular flexibility index (Phi) is 8.05. The summed E-state index contributed by atoms with van der Waals surface area (Å²) >= 11 is 0. The molecule has 5 nitrogen and oxygen atoms in total. The van der Waals surface area contributed by atoms with Crippen molar-refractivity contribution in [2.75, 3.05) is 0 Å². The average molecular weight is 774 g/mol. The summed E-state index contributed by atoms with van der Waals surface area (Å²) in [7, 11) is 0. The molecular weight excluding hydrogens is 721 g/mol. The SMILES string of the molecule is CC(C)(C)c1cc(Oc2ccc3c4ccccc4n(-c4cc(C(C)(C)C)ccn4)c3c2)cc([N+]23[CH-][N@+]2(c2cccc(C(C)(C)C)c2-c2ccccc2)c2ccccc23)c1. The number of fused-ring (bicyclic) bond motifs is 7. The van der Waals surface area contributed by atoms with Gasteiger partial charge >= 0.3 is 0 Å². The van der Waals surface area contributed by atoms with Gasteiger partial charge in [0.25, 0.3) is 0 Å². The van der Waals surface area contributed by atoms with Crippen molar-refractivity contribution >= 4 is 44.6 Å². The Morgan fingerprint density at radius 1 is 0.508 bits per heavy atom. The Morgan fingerprint density at radius 3 is 1.90 bits per heavy atom. The second kappa shape index (κ2) is 12.7. The van der Waals surface area contributed by atoms with Crippen LogP contribution in [0.15, 0.2) is 152 Å². The maximum atomic E-state index is 7.03. The van der Waals surface area contributed by atoms with Gasteiger partial charge in [-0.05, 0) is 74.9 Å². The number of para-hydroxylation sites is 3. The van der Waals surface area contributed by atoms with Gasteiger partial charge in [-0.15, -0.1) is 0 Å². The molecule has 0 bridgehead atoms. The van der Waals surface area contributed by atoms with Gasteiger partial charge in [0.1, 0.15) is 17.3 Å². The summed E-state index contributed by atoms with van der Waals surface area (Å²) in [5.41, 5.74) is 13.4. The summed E-state index contributed by atoms with van der Waals surface area (Å²) < 4.78 is 10.5. The van der Waals surface area contributed by atoms with Gasteiger partial charge in [0.2, 0.25) is 11.4 Å². The summed E-state index contributed by atoms with van der Waals surface area (Å²) in [5, 5.41) is 2.36. The van der Waals surface area contributed by atoms with E-state index in [1.54, 1.807) is 0 Å². The van der Waals surface area contributed by atoms with E-state index >= 15 is 0 Å². The minimum Gasteiger partial charge on any atom is -0.457 e. The van der Waals surface area contributed by atoms with Crippen molar-refractivity contribution in [2.45, 2.75) is 78.6 Å². The smallest absolute Gasteiger partial charge is 0.225 e. The van der Waals surface area contributed by atoms with E-state index < -0.39 is 0 Å². The molecule has 4 heterocycles. The molecule has 0 amide bonds. The topological polar surface area (TPSA) is 27.1 Å². The molecule has 2 aromatic heterocycles. The van der Waals surface area contributed by atoms with Crippen LogP contribution in [-0.2, 0) is 16.2 Å². The van der Waals surface area contributed by atoms with E-state index in [0.717, 1.165) is 28.4 Å². The fourth-order valence-corrected chi connectivity index (χ4v) is 9.46. The van der Waals surface area contributed by atoms with Gasteiger partial charge in [-0.3, -0.25) is 4.57 Å².